The summed E-state index contributed by atoms with van der Waals surface area (Å²) >= 11 is 5.87. The quantitative estimate of drug-likeness (QED) is 0.887. The molecule has 0 radical (unpaired) electrons. The third-order valence-corrected chi connectivity index (χ3v) is 2.62. The highest BCUT2D eigenvalue weighted by Gasteiger charge is 2.14. The summed E-state index contributed by atoms with van der Waals surface area (Å²) < 4.78 is 5.72. The van der Waals surface area contributed by atoms with E-state index in [1.54, 1.807) is 0 Å². The van der Waals surface area contributed by atoms with E-state index in [0.717, 1.165) is 30.1 Å². The van der Waals surface area contributed by atoms with Crippen molar-refractivity contribution in [2.24, 2.45) is 0 Å². The molecule has 0 aromatic heterocycles. The summed E-state index contributed by atoms with van der Waals surface area (Å²) in [6, 6.07) is 7.81. The van der Waals surface area contributed by atoms with Crippen molar-refractivity contribution < 1.29 is 4.74 Å². The number of hydrogen-bond donors (Lipinski definition) is 1. The van der Waals surface area contributed by atoms with E-state index in [2.05, 4.69) is 5.32 Å². The molecule has 1 atom stereocenters. The molecule has 0 saturated carbocycles. The van der Waals surface area contributed by atoms with Gasteiger partial charge in [0.2, 0.25) is 0 Å². The molecule has 1 fully saturated rings. The Morgan fingerprint density at radius 2 is 2.33 bits per heavy atom. The Hall–Kier alpha value is -0.280. The summed E-state index contributed by atoms with van der Waals surface area (Å²) in [5.41, 5.74) is 1.14. The van der Waals surface area contributed by atoms with Gasteiger partial charge in [0.25, 0.3) is 0 Å². The van der Waals surface area contributed by atoms with Gasteiger partial charge in [-0.3, -0.25) is 0 Å². The molecule has 15 heavy (non-hydrogen) atoms. The van der Waals surface area contributed by atoms with Gasteiger partial charge in [-0.15, -0.1) is 12.4 Å². The van der Waals surface area contributed by atoms with Crippen LogP contribution >= 0.6 is 24.0 Å². The Kier molecular flexibility index (Phi) is 5.40. The lowest BCUT2D eigenvalue weighted by molar-refractivity contribution is 0.0542. The van der Waals surface area contributed by atoms with Gasteiger partial charge in [-0.05, 0) is 30.7 Å². The topological polar surface area (TPSA) is 21.3 Å². The van der Waals surface area contributed by atoms with Crippen molar-refractivity contribution in [1.29, 1.82) is 0 Å². The molecule has 0 spiro atoms. The van der Waals surface area contributed by atoms with Gasteiger partial charge in [-0.1, -0.05) is 23.7 Å². The molecule has 1 heterocycles. The van der Waals surface area contributed by atoms with E-state index < -0.39 is 0 Å². The third kappa shape index (κ3) is 3.99. The second kappa shape index (κ2) is 6.33. The Bertz CT molecular complexity index is 300. The molecule has 0 amide bonds. The van der Waals surface area contributed by atoms with Crippen molar-refractivity contribution in [3.63, 3.8) is 0 Å². The van der Waals surface area contributed by atoms with Crippen LogP contribution < -0.4 is 5.32 Å². The summed E-state index contributed by atoms with van der Waals surface area (Å²) in [5, 5.41) is 4.04. The highest BCUT2D eigenvalue weighted by atomic mass is 35.5. The second-order valence-corrected chi connectivity index (χ2v) is 3.99. The molecule has 1 aromatic rings. The summed E-state index contributed by atoms with van der Waals surface area (Å²) in [6.45, 7) is 2.70. The Morgan fingerprint density at radius 1 is 1.47 bits per heavy atom. The highest BCUT2D eigenvalue weighted by molar-refractivity contribution is 6.30. The van der Waals surface area contributed by atoms with Gasteiger partial charge >= 0.3 is 0 Å². The lowest BCUT2D eigenvalue weighted by Gasteiger charge is -2.10. The average molecular weight is 248 g/mol. The SMILES string of the molecule is Cl.Clc1cccc(COC2CCNC2)c1. The maximum atomic E-state index is 5.87. The van der Waals surface area contributed by atoms with Gasteiger partial charge in [-0.2, -0.15) is 0 Å². The zero-order valence-electron chi connectivity index (χ0n) is 8.41. The molecule has 0 bridgehead atoms. The van der Waals surface area contributed by atoms with Crippen molar-refractivity contribution in [2.75, 3.05) is 13.1 Å². The number of rotatable bonds is 3. The normalized spacial score (nSPS) is 19.9. The van der Waals surface area contributed by atoms with Gasteiger partial charge in [0, 0.05) is 11.6 Å². The lowest BCUT2D eigenvalue weighted by atomic mass is 10.2. The molecule has 2 rings (SSSR count). The number of benzene rings is 1. The molecule has 0 aliphatic carbocycles. The monoisotopic (exact) mass is 247 g/mol. The van der Waals surface area contributed by atoms with E-state index in [1.165, 1.54) is 0 Å². The second-order valence-electron chi connectivity index (χ2n) is 3.56. The average Bonchev–Trinajstić information content (AvgIpc) is 2.67. The minimum absolute atomic E-state index is 0. The zero-order valence-corrected chi connectivity index (χ0v) is 9.98. The standard InChI is InChI=1S/C11H14ClNO.ClH/c12-10-3-1-2-9(6-10)8-14-11-4-5-13-7-11;/h1-3,6,11,13H,4-5,7-8H2;1H. The van der Waals surface area contributed by atoms with Gasteiger partial charge in [0.1, 0.15) is 0 Å². The summed E-state index contributed by atoms with van der Waals surface area (Å²) in [5.74, 6) is 0. The Balaban J connectivity index is 0.00000112. The summed E-state index contributed by atoms with van der Waals surface area (Å²) in [6.07, 6.45) is 1.48. The highest BCUT2D eigenvalue weighted by Crippen LogP contribution is 2.13. The maximum Gasteiger partial charge on any atom is 0.0721 e. The van der Waals surface area contributed by atoms with E-state index in [9.17, 15) is 0 Å². The first-order valence-corrected chi connectivity index (χ1v) is 5.29. The third-order valence-electron chi connectivity index (χ3n) is 2.39. The van der Waals surface area contributed by atoms with E-state index in [1.807, 2.05) is 24.3 Å². The van der Waals surface area contributed by atoms with Crippen LogP contribution in [0.3, 0.4) is 0 Å². The van der Waals surface area contributed by atoms with Gasteiger partial charge < -0.3 is 10.1 Å². The number of nitrogens with one attached hydrogen (secondary N) is 1. The Labute approximate surface area is 101 Å². The predicted molar refractivity (Wildman–Crippen MR) is 64.8 cm³/mol. The van der Waals surface area contributed by atoms with E-state index >= 15 is 0 Å². The van der Waals surface area contributed by atoms with E-state index in [4.69, 9.17) is 16.3 Å². The van der Waals surface area contributed by atoms with Crippen molar-refractivity contribution >= 4 is 24.0 Å². The van der Waals surface area contributed by atoms with Gasteiger partial charge in [0.05, 0.1) is 12.7 Å². The fraction of sp³-hybridized carbons (Fsp3) is 0.455. The predicted octanol–water partition coefficient (Wildman–Crippen LogP) is 2.64. The number of ether oxygens (including phenoxy) is 1. The van der Waals surface area contributed by atoms with Crippen LogP contribution in [-0.4, -0.2) is 19.2 Å². The molecular formula is C11H15Cl2NO. The molecule has 1 aromatic carbocycles. The van der Waals surface area contributed by atoms with Crippen LogP contribution in [0.25, 0.3) is 0 Å². The fourth-order valence-corrected chi connectivity index (χ4v) is 1.82. The van der Waals surface area contributed by atoms with E-state index in [-0.39, 0.29) is 12.4 Å². The first kappa shape index (κ1) is 12.8. The largest absolute Gasteiger partial charge is 0.372 e. The molecule has 1 aliphatic heterocycles. The molecule has 2 nitrogen and oxygen atoms in total. The summed E-state index contributed by atoms with van der Waals surface area (Å²) in [7, 11) is 0. The molecular weight excluding hydrogens is 233 g/mol. The van der Waals surface area contributed by atoms with Crippen LogP contribution in [0.15, 0.2) is 24.3 Å². The van der Waals surface area contributed by atoms with Crippen molar-refractivity contribution in [1.82, 2.24) is 5.32 Å². The van der Waals surface area contributed by atoms with Gasteiger partial charge in [-0.25, -0.2) is 0 Å². The smallest absolute Gasteiger partial charge is 0.0721 e. The maximum absolute atomic E-state index is 5.87. The van der Waals surface area contributed by atoms with Crippen LogP contribution in [0.2, 0.25) is 5.02 Å². The van der Waals surface area contributed by atoms with Crippen LogP contribution in [0, 0.1) is 0 Å². The number of halogens is 2. The van der Waals surface area contributed by atoms with Crippen molar-refractivity contribution in [3.05, 3.63) is 34.9 Å². The first-order chi connectivity index (χ1) is 6.84. The van der Waals surface area contributed by atoms with Crippen LogP contribution in [-0.2, 0) is 11.3 Å². The van der Waals surface area contributed by atoms with E-state index in [0.29, 0.717) is 12.7 Å². The first-order valence-electron chi connectivity index (χ1n) is 4.91. The molecule has 1 unspecified atom stereocenters. The minimum Gasteiger partial charge on any atom is -0.372 e. The van der Waals surface area contributed by atoms with Crippen molar-refractivity contribution in [2.45, 2.75) is 19.1 Å². The molecule has 1 N–H and O–H groups in total. The van der Waals surface area contributed by atoms with Gasteiger partial charge in [0.15, 0.2) is 0 Å². The van der Waals surface area contributed by atoms with Crippen LogP contribution in [0.4, 0.5) is 0 Å². The Morgan fingerprint density at radius 3 is 3.00 bits per heavy atom. The molecule has 4 heteroatoms. The fourth-order valence-electron chi connectivity index (χ4n) is 1.61. The van der Waals surface area contributed by atoms with Crippen molar-refractivity contribution in [3.8, 4) is 0 Å². The summed E-state index contributed by atoms with van der Waals surface area (Å²) in [4.78, 5) is 0. The van der Waals surface area contributed by atoms with Crippen LogP contribution in [0.5, 0.6) is 0 Å². The molecule has 84 valence electrons. The number of hydrogen-bond acceptors (Lipinski definition) is 2. The minimum atomic E-state index is 0. The zero-order chi connectivity index (χ0) is 9.80. The molecule has 1 aliphatic rings. The lowest BCUT2D eigenvalue weighted by Crippen LogP contribution is -2.16. The molecule has 1 saturated heterocycles. The van der Waals surface area contributed by atoms with Crippen LogP contribution in [0.1, 0.15) is 12.0 Å².